The van der Waals surface area contributed by atoms with Crippen molar-refractivity contribution in [2.45, 2.75) is 89.0 Å². The molecule has 2 fully saturated rings. The summed E-state index contributed by atoms with van der Waals surface area (Å²) in [4.78, 5) is 44.3. The van der Waals surface area contributed by atoms with Crippen LogP contribution in [-0.4, -0.2) is 88.1 Å². The summed E-state index contributed by atoms with van der Waals surface area (Å²) in [5, 5.41) is 22.5. The van der Waals surface area contributed by atoms with Gasteiger partial charge in [-0.3, -0.25) is 9.69 Å². The molecule has 3 heterocycles. The first kappa shape index (κ1) is 27.3. The molecule has 3 N–H and O–H groups in total. The summed E-state index contributed by atoms with van der Waals surface area (Å²) in [6, 6.07) is 6.70. The van der Waals surface area contributed by atoms with E-state index in [2.05, 4.69) is 5.32 Å². The van der Waals surface area contributed by atoms with Gasteiger partial charge in [0.25, 0.3) is 0 Å². The molecule has 37 heavy (non-hydrogen) atoms. The van der Waals surface area contributed by atoms with Gasteiger partial charge in [-0.25, -0.2) is 9.59 Å². The summed E-state index contributed by atoms with van der Waals surface area (Å²) in [7, 11) is 0.0306. The first-order valence-electron chi connectivity index (χ1n) is 13.5. The van der Waals surface area contributed by atoms with E-state index >= 15 is 0 Å². The number of nitrogens with zero attached hydrogens (tertiary/aromatic N) is 3. The van der Waals surface area contributed by atoms with Crippen LogP contribution in [-0.2, 0) is 22.6 Å². The third-order valence-electron chi connectivity index (χ3n) is 7.70. The number of amides is 4. The lowest BCUT2D eigenvalue weighted by Gasteiger charge is -2.30. The van der Waals surface area contributed by atoms with Crippen molar-refractivity contribution in [2.24, 2.45) is 0 Å². The van der Waals surface area contributed by atoms with Gasteiger partial charge in [-0.2, -0.15) is 0 Å². The SMILES string of the molecule is CN1CCCCCCCCC[C@@H](B(O)O)NC(=O)[C@@H]2C[C@@H](OC(=O)N3Cc4ccccc4C3)CN2C1=O. The molecule has 3 aliphatic heterocycles. The van der Waals surface area contributed by atoms with Crippen LogP contribution in [0.4, 0.5) is 9.59 Å². The molecule has 4 rings (SSSR count). The molecule has 4 amide bonds. The molecule has 0 aliphatic carbocycles. The van der Waals surface area contributed by atoms with Gasteiger partial charge in [-0.15, -0.1) is 0 Å². The summed E-state index contributed by atoms with van der Waals surface area (Å²) >= 11 is 0. The predicted molar refractivity (Wildman–Crippen MR) is 138 cm³/mol. The Morgan fingerprint density at radius 1 is 1.00 bits per heavy atom. The summed E-state index contributed by atoms with van der Waals surface area (Å²) in [6.45, 7) is 1.62. The van der Waals surface area contributed by atoms with E-state index in [1.807, 2.05) is 24.3 Å². The smallest absolute Gasteiger partial charge is 0.444 e. The number of carbonyl (C=O) groups is 3. The highest BCUT2D eigenvalue weighted by molar-refractivity contribution is 6.43. The van der Waals surface area contributed by atoms with Crippen LogP contribution in [0.3, 0.4) is 0 Å². The molecule has 1 aromatic rings. The van der Waals surface area contributed by atoms with E-state index in [1.165, 1.54) is 4.90 Å². The van der Waals surface area contributed by atoms with Crippen LogP contribution in [0.2, 0.25) is 0 Å². The Kier molecular flexibility index (Phi) is 9.31. The Bertz CT molecular complexity index is 938. The second-order valence-corrected chi connectivity index (χ2v) is 10.5. The highest BCUT2D eigenvalue weighted by atomic mass is 16.6. The van der Waals surface area contributed by atoms with E-state index in [0.29, 0.717) is 26.1 Å². The molecule has 10 nitrogen and oxygen atoms in total. The second kappa shape index (κ2) is 12.6. The fourth-order valence-corrected chi connectivity index (χ4v) is 5.51. The maximum Gasteiger partial charge on any atom is 0.475 e. The second-order valence-electron chi connectivity index (χ2n) is 10.5. The Balaban J connectivity index is 1.45. The van der Waals surface area contributed by atoms with E-state index in [0.717, 1.165) is 56.1 Å². The van der Waals surface area contributed by atoms with Gasteiger partial charge in [0.1, 0.15) is 12.1 Å². The molecule has 11 heteroatoms. The highest BCUT2D eigenvalue weighted by Gasteiger charge is 2.44. The van der Waals surface area contributed by atoms with Gasteiger partial charge in [0.2, 0.25) is 5.91 Å². The minimum absolute atomic E-state index is 0.111. The van der Waals surface area contributed by atoms with Gasteiger partial charge in [0.15, 0.2) is 0 Å². The summed E-state index contributed by atoms with van der Waals surface area (Å²) < 4.78 is 5.79. The maximum absolute atomic E-state index is 13.3. The van der Waals surface area contributed by atoms with Crippen LogP contribution in [0, 0.1) is 0 Å². The number of urea groups is 1. The molecule has 1 aromatic carbocycles. The first-order valence-corrected chi connectivity index (χ1v) is 13.5. The molecule has 0 bridgehead atoms. The molecule has 0 saturated carbocycles. The lowest BCUT2D eigenvalue weighted by atomic mass is 9.76. The Labute approximate surface area is 219 Å². The fourth-order valence-electron chi connectivity index (χ4n) is 5.51. The number of rotatable bonds is 2. The topological polar surface area (TPSA) is 123 Å². The van der Waals surface area contributed by atoms with Crippen molar-refractivity contribution in [1.82, 2.24) is 20.0 Å². The number of benzene rings is 1. The lowest BCUT2D eigenvalue weighted by Crippen LogP contribution is -2.54. The largest absolute Gasteiger partial charge is 0.475 e. The van der Waals surface area contributed by atoms with Crippen molar-refractivity contribution in [2.75, 3.05) is 20.1 Å². The van der Waals surface area contributed by atoms with Crippen molar-refractivity contribution >= 4 is 25.1 Å². The predicted octanol–water partition coefficient (Wildman–Crippen LogP) is 2.26. The minimum atomic E-state index is -1.69. The maximum atomic E-state index is 13.3. The van der Waals surface area contributed by atoms with Gasteiger partial charge >= 0.3 is 19.2 Å². The fraction of sp³-hybridized carbons (Fsp3) is 0.654. The van der Waals surface area contributed by atoms with Crippen LogP contribution < -0.4 is 5.32 Å². The molecular formula is C26H39BN4O6. The van der Waals surface area contributed by atoms with Crippen molar-refractivity contribution in [3.63, 3.8) is 0 Å². The van der Waals surface area contributed by atoms with Crippen molar-refractivity contribution in [3.8, 4) is 0 Å². The normalized spacial score (nSPS) is 25.9. The number of carbonyl (C=O) groups excluding carboxylic acids is 3. The monoisotopic (exact) mass is 514 g/mol. The van der Waals surface area contributed by atoms with Crippen LogP contribution in [0.25, 0.3) is 0 Å². The van der Waals surface area contributed by atoms with Gasteiger partial charge in [-0.05, 0) is 24.0 Å². The molecule has 0 unspecified atom stereocenters. The van der Waals surface area contributed by atoms with Crippen LogP contribution in [0.1, 0.15) is 68.9 Å². The van der Waals surface area contributed by atoms with E-state index in [-0.39, 0.29) is 19.0 Å². The number of hydrogen-bond acceptors (Lipinski definition) is 6. The zero-order valence-corrected chi connectivity index (χ0v) is 21.7. The molecular weight excluding hydrogens is 475 g/mol. The zero-order chi connectivity index (χ0) is 26.4. The van der Waals surface area contributed by atoms with Crippen LogP contribution >= 0.6 is 0 Å². The Morgan fingerprint density at radius 2 is 1.62 bits per heavy atom. The van der Waals surface area contributed by atoms with E-state index < -0.39 is 37.2 Å². The zero-order valence-electron chi connectivity index (χ0n) is 21.7. The minimum Gasteiger partial charge on any atom is -0.444 e. The number of fused-ring (bicyclic) bond motifs is 2. The molecule has 0 aromatic heterocycles. The quantitative estimate of drug-likeness (QED) is 0.521. The van der Waals surface area contributed by atoms with Gasteiger partial charge in [0, 0.05) is 33.1 Å². The number of ether oxygens (including phenoxy) is 1. The molecule has 3 atom stereocenters. The first-order chi connectivity index (χ1) is 17.8. The van der Waals surface area contributed by atoms with Crippen LogP contribution in [0.5, 0.6) is 0 Å². The Morgan fingerprint density at radius 3 is 2.27 bits per heavy atom. The van der Waals surface area contributed by atoms with Gasteiger partial charge < -0.3 is 29.9 Å². The highest BCUT2D eigenvalue weighted by Crippen LogP contribution is 2.27. The standard InChI is InChI=1S/C26H39BN4O6/c1-29-14-10-6-4-2-3-5-7-13-23(27(35)36)28-24(32)22-15-21(18-31(22)25(29)33)37-26(34)30-16-19-11-8-9-12-20(19)17-30/h8-9,11-12,21-23,35-36H,2-7,10,13-18H2,1H3,(H,28,32)/t21-,22+,23+/m1/s1. The third kappa shape index (κ3) is 6.96. The molecule has 0 spiro atoms. The average molecular weight is 514 g/mol. The van der Waals surface area contributed by atoms with Crippen molar-refractivity contribution < 1.29 is 29.2 Å². The molecule has 0 radical (unpaired) electrons. The molecule has 3 aliphatic rings. The van der Waals surface area contributed by atoms with E-state index in [4.69, 9.17) is 4.74 Å². The van der Waals surface area contributed by atoms with Crippen LogP contribution in [0.15, 0.2) is 24.3 Å². The van der Waals surface area contributed by atoms with Gasteiger partial charge in [0.05, 0.1) is 12.5 Å². The van der Waals surface area contributed by atoms with E-state index in [1.54, 1.807) is 16.8 Å². The molecule has 202 valence electrons. The van der Waals surface area contributed by atoms with Gasteiger partial charge in [-0.1, -0.05) is 62.8 Å². The molecule has 2 saturated heterocycles. The lowest BCUT2D eigenvalue weighted by molar-refractivity contribution is -0.125. The summed E-state index contributed by atoms with van der Waals surface area (Å²) in [6.07, 6.45) is 6.40. The summed E-state index contributed by atoms with van der Waals surface area (Å²) in [5.74, 6) is -1.28. The third-order valence-corrected chi connectivity index (χ3v) is 7.70. The average Bonchev–Trinajstić information content (AvgIpc) is 3.50. The summed E-state index contributed by atoms with van der Waals surface area (Å²) in [5.41, 5.74) is 2.17. The Hall–Kier alpha value is -2.79. The number of nitrogens with one attached hydrogen (secondary N) is 1. The van der Waals surface area contributed by atoms with Crippen molar-refractivity contribution in [1.29, 1.82) is 0 Å². The number of hydrogen-bond donors (Lipinski definition) is 3. The van der Waals surface area contributed by atoms with E-state index in [9.17, 15) is 24.4 Å². The van der Waals surface area contributed by atoms with Crippen molar-refractivity contribution in [3.05, 3.63) is 35.4 Å².